The molecule has 234 valence electrons. The van der Waals surface area contributed by atoms with Crippen molar-refractivity contribution in [3.63, 3.8) is 0 Å². The van der Waals surface area contributed by atoms with Gasteiger partial charge in [-0.25, -0.2) is 9.78 Å². The Hall–Kier alpha value is -5.85. The SMILES string of the molecule is NC(=O)[C@H](Cc1cnc[nH]1)NC(=O)[C@H](Cc1ccc(O)cc1)NC(=O)[C@H](Cc1ccc(O)cc1)NC(=O)OCc1ccccc1. The fourth-order valence-electron chi connectivity index (χ4n) is 4.44. The zero-order valence-corrected chi connectivity index (χ0v) is 24.2. The number of imidazole rings is 1. The smallest absolute Gasteiger partial charge is 0.408 e. The van der Waals surface area contributed by atoms with Crippen LogP contribution in [-0.4, -0.2) is 62.1 Å². The van der Waals surface area contributed by atoms with Gasteiger partial charge >= 0.3 is 6.09 Å². The number of nitrogens with two attached hydrogens (primary N) is 1. The van der Waals surface area contributed by atoms with E-state index in [2.05, 4.69) is 25.9 Å². The third-order valence-electron chi connectivity index (χ3n) is 6.85. The molecule has 1 heterocycles. The van der Waals surface area contributed by atoms with Crippen molar-refractivity contribution < 1.29 is 34.1 Å². The van der Waals surface area contributed by atoms with Gasteiger partial charge in [0.15, 0.2) is 0 Å². The number of aromatic hydroxyl groups is 2. The second-order valence-electron chi connectivity index (χ2n) is 10.3. The van der Waals surface area contributed by atoms with E-state index in [9.17, 15) is 29.4 Å². The second kappa shape index (κ2) is 15.6. The van der Waals surface area contributed by atoms with Crippen LogP contribution in [0.4, 0.5) is 4.79 Å². The summed E-state index contributed by atoms with van der Waals surface area (Å²) in [6.45, 7) is -0.0308. The first-order valence-corrected chi connectivity index (χ1v) is 14.1. The topological polar surface area (TPSA) is 209 Å². The van der Waals surface area contributed by atoms with Crippen molar-refractivity contribution in [1.29, 1.82) is 0 Å². The number of alkyl carbamates (subject to hydrolysis) is 1. The molecule has 0 saturated carbocycles. The van der Waals surface area contributed by atoms with Gasteiger partial charge in [0, 0.05) is 31.2 Å². The lowest BCUT2D eigenvalue weighted by atomic mass is 10.0. The highest BCUT2D eigenvalue weighted by Gasteiger charge is 2.30. The summed E-state index contributed by atoms with van der Waals surface area (Å²) in [5.74, 6) is -2.15. The van der Waals surface area contributed by atoms with Crippen LogP contribution in [-0.2, 0) is 45.0 Å². The molecule has 3 aromatic carbocycles. The summed E-state index contributed by atoms with van der Waals surface area (Å²) in [5, 5.41) is 27.2. The normalized spacial score (nSPS) is 12.7. The molecule has 4 rings (SSSR count). The van der Waals surface area contributed by atoms with Gasteiger partial charge in [0.1, 0.15) is 36.2 Å². The molecule has 0 saturated heterocycles. The van der Waals surface area contributed by atoms with Crippen LogP contribution in [0, 0.1) is 0 Å². The van der Waals surface area contributed by atoms with E-state index in [1.165, 1.54) is 36.8 Å². The molecule has 13 nitrogen and oxygen atoms in total. The van der Waals surface area contributed by atoms with Crippen molar-refractivity contribution in [3.05, 3.63) is 114 Å². The maximum Gasteiger partial charge on any atom is 0.408 e. The Labute approximate surface area is 258 Å². The minimum absolute atomic E-state index is 0.00380. The average Bonchev–Trinajstić information content (AvgIpc) is 3.55. The standard InChI is InChI=1S/C32H34N6O7/c33-29(41)26(16-23-17-34-19-35-23)36-30(42)27(14-20-6-10-24(39)11-7-20)37-31(43)28(15-21-8-12-25(40)13-9-21)38-32(44)45-18-22-4-2-1-3-5-22/h1-13,17,19,26-28,39-40H,14-16,18H2,(H2,33,41)(H,34,35)(H,36,42)(H,37,43)(H,38,44)/t26-,27-,28-/m0/s1. The van der Waals surface area contributed by atoms with Crippen molar-refractivity contribution in [2.45, 2.75) is 44.0 Å². The Morgan fingerprint density at radius 2 is 1.24 bits per heavy atom. The molecule has 0 aliphatic heterocycles. The minimum atomic E-state index is -1.21. The zero-order chi connectivity index (χ0) is 32.2. The molecule has 8 N–H and O–H groups in total. The van der Waals surface area contributed by atoms with Crippen LogP contribution in [0.2, 0.25) is 0 Å². The van der Waals surface area contributed by atoms with Crippen molar-refractivity contribution in [1.82, 2.24) is 25.9 Å². The van der Waals surface area contributed by atoms with Crippen molar-refractivity contribution in [3.8, 4) is 11.5 Å². The van der Waals surface area contributed by atoms with Gasteiger partial charge in [0.25, 0.3) is 0 Å². The number of carbonyl (C=O) groups excluding carboxylic acids is 4. The number of nitrogens with one attached hydrogen (secondary N) is 4. The van der Waals surface area contributed by atoms with Crippen LogP contribution < -0.4 is 21.7 Å². The van der Waals surface area contributed by atoms with E-state index >= 15 is 0 Å². The third-order valence-corrected chi connectivity index (χ3v) is 6.85. The molecule has 0 unspecified atom stereocenters. The number of benzene rings is 3. The summed E-state index contributed by atoms with van der Waals surface area (Å²) in [4.78, 5) is 59.0. The van der Waals surface area contributed by atoms with Crippen LogP contribution in [0.3, 0.4) is 0 Å². The highest BCUT2D eigenvalue weighted by atomic mass is 16.5. The molecular weight excluding hydrogens is 580 g/mol. The molecule has 13 heteroatoms. The van der Waals surface area contributed by atoms with Crippen molar-refractivity contribution in [2.24, 2.45) is 5.73 Å². The van der Waals surface area contributed by atoms with Gasteiger partial charge in [0.2, 0.25) is 17.7 Å². The van der Waals surface area contributed by atoms with Crippen LogP contribution in [0.1, 0.15) is 22.4 Å². The second-order valence-corrected chi connectivity index (χ2v) is 10.3. The van der Waals surface area contributed by atoms with Crippen LogP contribution >= 0.6 is 0 Å². The van der Waals surface area contributed by atoms with Crippen LogP contribution in [0.15, 0.2) is 91.4 Å². The molecule has 4 amide bonds. The van der Waals surface area contributed by atoms with Crippen LogP contribution in [0.5, 0.6) is 11.5 Å². The average molecular weight is 615 g/mol. The van der Waals surface area contributed by atoms with Gasteiger partial charge in [-0.3, -0.25) is 14.4 Å². The van der Waals surface area contributed by atoms with Gasteiger partial charge < -0.3 is 41.6 Å². The Bertz CT molecular complexity index is 1560. The Balaban J connectivity index is 1.53. The van der Waals surface area contributed by atoms with Gasteiger partial charge in [-0.2, -0.15) is 0 Å². The van der Waals surface area contributed by atoms with Crippen LogP contribution in [0.25, 0.3) is 0 Å². The number of nitrogens with zero attached hydrogens (tertiary/aromatic N) is 1. The lowest BCUT2D eigenvalue weighted by molar-refractivity contribution is -0.132. The van der Waals surface area contributed by atoms with Crippen molar-refractivity contribution >= 4 is 23.8 Å². The first-order chi connectivity index (χ1) is 21.7. The molecule has 4 aromatic rings. The lowest BCUT2D eigenvalue weighted by Crippen LogP contribution is -2.57. The Kier molecular flexibility index (Phi) is 11.1. The van der Waals surface area contributed by atoms with E-state index in [0.717, 1.165) is 5.56 Å². The summed E-state index contributed by atoms with van der Waals surface area (Å²) in [6, 6.07) is 17.6. The highest BCUT2D eigenvalue weighted by Crippen LogP contribution is 2.14. The maximum absolute atomic E-state index is 13.7. The number of aromatic amines is 1. The highest BCUT2D eigenvalue weighted by molar-refractivity contribution is 5.94. The fraction of sp³-hybridized carbons (Fsp3) is 0.219. The number of H-pyrrole nitrogens is 1. The molecule has 0 spiro atoms. The molecule has 0 radical (unpaired) electrons. The van der Waals surface area contributed by atoms with Gasteiger partial charge in [-0.05, 0) is 41.0 Å². The number of phenols is 2. The van der Waals surface area contributed by atoms with E-state index in [1.54, 1.807) is 48.5 Å². The number of primary amides is 1. The minimum Gasteiger partial charge on any atom is -0.508 e. The zero-order valence-electron chi connectivity index (χ0n) is 24.2. The summed E-state index contributed by atoms with van der Waals surface area (Å²) >= 11 is 0. The molecule has 3 atom stereocenters. The van der Waals surface area contributed by atoms with E-state index in [0.29, 0.717) is 16.8 Å². The summed E-state index contributed by atoms with van der Waals surface area (Å²) < 4.78 is 5.32. The summed E-state index contributed by atoms with van der Waals surface area (Å²) in [7, 11) is 0. The van der Waals surface area contributed by atoms with Gasteiger partial charge in [0.05, 0.1) is 6.33 Å². The first-order valence-electron chi connectivity index (χ1n) is 14.1. The number of hydrogen-bond acceptors (Lipinski definition) is 8. The number of carbonyl (C=O) groups is 4. The first kappa shape index (κ1) is 32.1. The van der Waals surface area contributed by atoms with Gasteiger partial charge in [-0.1, -0.05) is 54.6 Å². The third kappa shape index (κ3) is 10.1. The molecule has 1 aromatic heterocycles. The van der Waals surface area contributed by atoms with E-state index < -0.39 is 41.9 Å². The Morgan fingerprint density at radius 1 is 0.711 bits per heavy atom. The number of ether oxygens (including phenoxy) is 1. The summed E-state index contributed by atoms with van der Waals surface area (Å²) in [6.07, 6.45) is 2.09. The van der Waals surface area contributed by atoms with E-state index in [4.69, 9.17) is 10.5 Å². The van der Waals surface area contributed by atoms with Crippen molar-refractivity contribution in [2.75, 3.05) is 0 Å². The molecule has 45 heavy (non-hydrogen) atoms. The van der Waals surface area contributed by atoms with E-state index in [1.807, 2.05) is 6.07 Å². The quantitative estimate of drug-likeness (QED) is 0.111. The molecule has 0 aliphatic rings. The predicted molar refractivity (Wildman–Crippen MR) is 163 cm³/mol. The largest absolute Gasteiger partial charge is 0.508 e. The Morgan fingerprint density at radius 3 is 1.76 bits per heavy atom. The maximum atomic E-state index is 13.7. The predicted octanol–water partition coefficient (Wildman–Crippen LogP) is 1.60. The monoisotopic (exact) mass is 614 g/mol. The fourth-order valence-corrected chi connectivity index (χ4v) is 4.44. The van der Waals surface area contributed by atoms with Gasteiger partial charge in [-0.15, -0.1) is 0 Å². The number of rotatable bonds is 14. The molecule has 0 fully saturated rings. The number of hydrogen-bond donors (Lipinski definition) is 7. The molecular formula is C32H34N6O7. The lowest BCUT2D eigenvalue weighted by Gasteiger charge is -2.25. The molecule has 0 bridgehead atoms. The summed E-state index contributed by atoms with van der Waals surface area (Å²) in [5.41, 5.74) is 8.08. The number of aromatic nitrogens is 2. The molecule has 0 aliphatic carbocycles. The van der Waals surface area contributed by atoms with E-state index in [-0.39, 0.29) is 37.4 Å². The number of phenolic OH excluding ortho intramolecular Hbond substituents is 2. The number of amides is 4.